The monoisotopic (exact) mass is 313 g/mol. The largest absolute Gasteiger partial charge is 0.321 e. The summed E-state index contributed by atoms with van der Waals surface area (Å²) < 4.78 is 1.76. The van der Waals surface area contributed by atoms with E-state index in [1.54, 1.807) is 10.9 Å². The van der Waals surface area contributed by atoms with Gasteiger partial charge in [0.25, 0.3) is 0 Å². The van der Waals surface area contributed by atoms with Gasteiger partial charge in [0.1, 0.15) is 6.54 Å². The van der Waals surface area contributed by atoms with E-state index in [4.69, 9.17) is 0 Å². The van der Waals surface area contributed by atoms with Crippen molar-refractivity contribution in [3.05, 3.63) is 34.8 Å². The molecule has 120 valence electrons. The van der Waals surface area contributed by atoms with Gasteiger partial charge in [0.2, 0.25) is 11.8 Å². The van der Waals surface area contributed by atoms with Crippen molar-refractivity contribution in [2.45, 2.75) is 27.2 Å². The van der Waals surface area contributed by atoms with Crippen LogP contribution in [0.15, 0.2) is 12.3 Å². The molecule has 1 aliphatic heterocycles. The lowest BCUT2D eigenvalue weighted by atomic mass is 10.1. The molecular formula is C16H19N5O2. The Kier molecular flexibility index (Phi) is 3.63. The Labute approximate surface area is 134 Å². The molecule has 0 aromatic carbocycles. The van der Waals surface area contributed by atoms with Gasteiger partial charge < -0.3 is 5.32 Å². The lowest BCUT2D eigenvalue weighted by Crippen LogP contribution is -2.43. The summed E-state index contributed by atoms with van der Waals surface area (Å²) in [5.41, 5.74) is 4.18. The maximum absolute atomic E-state index is 12.8. The van der Waals surface area contributed by atoms with E-state index in [9.17, 15) is 9.59 Å². The molecule has 23 heavy (non-hydrogen) atoms. The quantitative estimate of drug-likeness (QED) is 0.905. The SMILES string of the molecule is Cc1ccnc2c1NC(=O)CN2C(=O)Cc1c(C)nn(C)c1C. The Morgan fingerprint density at radius 3 is 2.74 bits per heavy atom. The highest BCUT2D eigenvalue weighted by atomic mass is 16.2. The molecule has 1 N–H and O–H groups in total. The molecule has 0 bridgehead atoms. The first-order valence-electron chi connectivity index (χ1n) is 7.43. The fourth-order valence-corrected chi connectivity index (χ4v) is 2.83. The van der Waals surface area contributed by atoms with Gasteiger partial charge in [-0.3, -0.25) is 19.2 Å². The van der Waals surface area contributed by atoms with Gasteiger partial charge in [-0.1, -0.05) is 0 Å². The topological polar surface area (TPSA) is 80.1 Å². The number of aromatic nitrogens is 3. The molecule has 2 aromatic heterocycles. The van der Waals surface area contributed by atoms with Crippen molar-refractivity contribution in [2.24, 2.45) is 7.05 Å². The van der Waals surface area contributed by atoms with Crippen LogP contribution in [0.4, 0.5) is 11.5 Å². The third kappa shape index (κ3) is 2.58. The second kappa shape index (κ2) is 5.49. The number of aryl methyl sites for hydroxylation is 3. The third-order valence-electron chi connectivity index (χ3n) is 4.25. The van der Waals surface area contributed by atoms with Crippen molar-refractivity contribution in [2.75, 3.05) is 16.8 Å². The van der Waals surface area contributed by atoms with Gasteiger partial charge in [0.05, 0.1) is 17.8 Å². The number of nitrogens with zero attached hydrogens (tertiary/aromatic N) is 4. The van der Waals surface area contributed by atoms with Crippen LogP contribution in [-0.2, 0) is 23.1 Å². The van der Waals surface area contributed by atoms with Gasteiger partial charge in [-0.25, -0.2) is 4.98 Å². The van der Waals surface area contributed by atoms with Crippen LogP contribution >= 0.6 is 0 Å². The average molecular weight is 313 g/mol. The zero-order valence-corrected chi connectivity index (χ0v) is 13.7. The van der Waals surface area contributed by atoms with Gasteiger partial charge >= 0.3 is 0 Å². The highest BCUT2D eigenvalue weighted by Crippen LogP contribution is 2.30. The van der Waals surface area contributed by atoms with Gasteiger partial charge in [-0.15, -0.1) is 0 Å². The van der Waals surface area contributed by atoms with Gasteiger partial charge in [0.15, 0.2) is 5.82 Å². The van der Waals surface area contributed by atoms with Crippen LogP contribution in [0.5, 0.6) is 0 Å². The highest BCUT2D eigenvalue weighted by Gasteiger charge is 2.30. The van der Waals surface area contributed by atoms with E-state index < -0.39 is 0 Å². The molecule has 7 heteroatoms. The summed E-state index contributed by atoms with van der Waals surface area (Å²) in [6, 6.07) is 1.81. The van der Waals surface area contributed by atoms with Crippen molar-refractivity contribution >= 4 is 23.3 Å². The van der Waals surface area contributed by atoms with Crippen molar-refractivity contribution in [3.63, 3.8) is 0 Å². The average Bonchev–Trinajstić information content (AvgIpc) is 2.74. The summed E-state index contributed by atoms with van der Waals surface area (Å²) >= 11 is 0. The minimum absolute atomic E-state index is 0.0132. The number of fused-ring (bicyclic) bond motifs is 1. The molecule has 0 saturated carbocycles. The predicted molar refractivity (Wildman–Crippen MR) is 86.3 cm³/mol. The Hall–Kier alpha value is -2.70. The smallest absolute Gasteiger partial charge is 0.244 e. The second-order valence-corrected chi connectivity index (χ2v) is 5.80. The van der Waals surface area contributed by atoms with E-state index in [2.05, 4.69) is 15.4 Å². The molecule has 1 aliphatic rings. The fourth-order valence-electron chi connectivity index (χ4n) is 2.83. The maximum atomic E-state index is 12.8. The van der Waals surface area contributed by atoms with E-state index in [1.165, 1.54) is 4.90 Å². The summed E-state index contributed by atoms with van der Waals surface area (Å²) in [6.45, 7) is 5.68. The number of anilines is 2. The van der Waals surface area contributed by atoms with Gasteiger partial charge in [-0.05, 0) is 32.4 Å². The van der Waals surface area contributed by atoms with E-state index >= 15 is 0 Å². The van der Waals surface area contributed by atoms with E-state index in [-0.39, 0.29) is 24.8 Å². The first-order valence-corrected chi connectivity index (χ1v) is 7.43. The molecule has 2 aromatic rings. The lowest BCUT2D eigenvalue weighted by molar-refractivity contribution is -0.121. The first kappa shape index (κ1) is 15.2. The number of carbonyl (C=O) groups excluding carboxylic acids is 2. The van der Waals surface area contributed by atoms with Gasteiger partial charge in [-0.2, -0.15) is 5.10 Å². The molecular weight excluding hydrogens is 294 g/mol. The molecule has 3 rings (SSSR count). The molecule has 7 nitrogen and oxygen atoms in total. The van der Waals surface area contributed by atoms with Crippen LogP contribution in [0, 0.1) is 20.8 Å². The molecule has 3 heterocycles. The molecule has 0 radical (unpaired) electrons. The van der Waals surface area contributed by atoms with Crippen LogP contribution < -0.4 is 10.2 Å². The Bertz CT molecular complexity index is 809. The van der Waals surface area contributed by atoms with Crippen molar-refractivity contribution in [3.8, 4) is 0 Å². The van der Waals surface area contributed by atoms with Crippen LogP contribution in [-0.4, -0.2) is 33.1 Å². The third-order valence-corrected chi connectivity index (χ3v) is 4.25. The number of nitrogens with one attached hydrogen (secondary N) is 1. The summed E-state index contributed by atoms with van der Waals surface area (Å²) in [5, 5.41) is 7.13. The Morgan fingerprint density at radius 2 is 2.09 bits per heavy atom. The molecule has 2 amide bonds. The minimum Gasteiger partial charge on any atom is -0.321 e. The van der Waals surface area contributed by atoms with E-state index in [0.29, 0.717) is 11.5 Å². The molecule has 0 atom stereocenters. The molecule has 0 fully saturated rings. The van der Waals surface area contributed by atoms with Gasteiger partial charge in [0, 0.05) is 24.5 Å². The minimum atomic E-state index is -0.207. The standard InChI is InChI=1S/C16H19N5O2/c1-9-5-6-17-16-15(9)18-13(22)8-21(16)14(23)7-12-10(2)19-20(4)11(12)3/h5-6H,7-8H2,1-4H3,(H,18,22). The molecule has 0 unspecified atom stereocenters. The fraction of sp³-hybridized carbons (Fsp3) is 0.375. The van der Waals surface area contributed by atoms with Crippen LogP contribution in [0.2, 0.25) is 0 Å². The van der Waals surface area contributed by atoms with Crippen molar-refractivity contribution in [1.29, 1.82) is 0 Å². The Balaban J connectivity index is 1.94. The first-order chi connectivity index (χ1) is 10.9. The zero-order chi connectivity index (χ0) is 16.7. The molecule has 0 aliphatic carbocycles. The normalized spacial score (nSPS) is 13.7. The number of rotatable bonds is 2. The summed E-state index contributed by atoms with van der Waals surface area (Å²) in [7, 11) is 1.85. The van der Waals surface area contributed by atoms with Crippen molar-refractivity contribution < 1.29 is 9.59 Å². The van der Waals surface area contributed by atoms with Crippen LogP contribution in [0.3, 0.4) is 0 Å². The summed E-state index contributed by atoms with van der Waals surface area (Å²) in [5.74, 6) is 0.147. The number of amides is 2. The number of hydrogen-bond donors (Lipinski definition) is 1. The predicted octanol–water partition coefficient (Wildman–Crippen LogP) is 1.27. The Morgan fingerprint density at radius 1 is 1.35 bits per heavy atom. The maximum Gasteiger partial charge on any atom is 0.244 e. The van der Waals surface area contributed by atoms with Crippen LogP contribution in [0.25, 0.3) is 0 Å². The van der Waals surface area contributed by atoms with E-state index in [0.717, 1.165) is 22.5 Å². The van der Waals surface area contributed by atoms with E-state index in [1.807, 2.05) is 33.9 Å². The highest BCUT2D eigenvalue weighted by molar-refractivity contribution is 6.09. The number of pyridine rings is 1. The molecule has 0 saturated heterocycles. The summed E-state index contributed by atoms with van der Waals surface area (Å²) in [4.78, 5) is 30.4. The second-order valence-electron chi connectivity index (χ2n) is 5.80. The molecule has 0 spiro atoms. The van der Waals surface area contributed by atoms with Crippen LogP contribution in [0.1, 0.15) is 22.5 Å². The van der Waals surface area contributed by atoms with Crippen molar-refractivity contribution in [1.82, 2.24) is 14.8 Å². The number of hydrogen-bond acceptors (Lipinski definition) is 4. The summed E-state index contributed by atoms with van der Waals surface area (Å²) in [6.07, 6.45) is 1.85. The lowest BCUT2D eigenvalue weighted by Gasteiger charge is -2.29. The number of carbonyl (C=O) groups is 2. The zero-order valence-electron chi connectivity index (χ0n) is 13.7.